The van der Waals surface area contributed by atoms with E-state index in [0.29, 0.717) is 26.2 Å². The van der Waals surface area contributed by atoms with Gasteiger partial charge in [-0.05, 0) is 41.0 Å². The molecule has 0 saturated carbocycles. The Kier molecular flexibility index (Phi) is 6.45. The Morgan fingerprint density at radius 1 is 0.800 bits per heavy atom. The zero-order chi connectivity index (χ0) is 18.9. The lowest BCUT2D eigenvalue weighted by molar-refractivity contribution is -0.197. The van der Waals surface area contributed by atoms with Gasteiger partial charge in [0.2, 0.25) is 0 Å². The van der Waals surface area contributed by atoms with Gasteiger partial charge < -0.3 is 5.32 Å². The number of halogens is 3. The molecule has 0 aliphatic carbocycles. The number of rotatable bonds is 4. The number of alkyl halides is 3. The molecule has 4 nitrogen and oxygen atoms in total. The third kappa shape index (κ3) is 5.55. The Bertz CT molecular complexity index is 417. The summed E-state index contributed by atoms with van der Waals surface area (Å²) in [6, 6.07) is -1.36. The van der Waals surface area contributed by atoms with Gasteiger partial charge in [0.15, 0.2) is 0 Å². The van der Waals surface area contributed by atoms with Gasteiger partial charge in [-0.3, -0.25) is 14.7 Å². The molecule has 1 atom stereocenters. The van der Waals surface area contributed by atoms with Crippen LogP contribution in [0.3, 0.4) is 0 Å². The van der Waals surface area contributed by atoms with Crippen molar-refractivity contribution in [2.24, 2.45) is 0 Å². The summed E-state index contributed by atoms with van der Waals surface area (Å²) in [6.07, 6.45) is -4.05. The maximum absolute atomic E-state index is 13.8. The Balaban J connectivity index is 2.04. The molecule has 1 unspecified atom stereocenters. The van der Waals surface area contributed by atoms with E-state index in [9.17, 15) is 13.2 Å². The van der Waals surface area contributed by atoms with E-state index in [1.807, 2.05) is 13.8 Å². The summed E-state index contributed by atoms with van der Waals surface area (Å²) in [6.45, 7) is 16.0. The molecule has 2 saturated heterocycles. The topological polar surface area (TPSA) is 21.8 Å². The highest BCUT2D eigenvalue weighted by molar-refractivity contribution is 4.94. The molecule has 0 spiro atoms. The highest BCUT2D eigenvalue weighted by Crippen LogP contribution is 2.34. The van der Waals surface area contributed by atoms with Crippen LogP contribution < -0.4 is 5.32 Å². The lowest BCUT2D eigenvalue weighted by atomic mass is 9.90. The number of hydrogen-bond acceptors (Lipinski definition) is 4. The summed E-state index contributed by atoms with van der Waals surface area (Å²) in [7, 11) is 0. The van der Waals surface area contributed by atoms with E-state index in [1.54, 1.807) is 4.90 Å². The zero-order valence-electron chi connectivity index (χ0n) is 16.4. The van der Waals surface area contributed by atoms with Gasteiger partial charge in [0.25, 0.3) is 0 Å². The van der Waals surface area contributed by atoms with Crippen LogP contribution in [-0.4, -0.2) is 90.4 Å². The predicted octanol–water partition coefficient (Wildman–Crippen LogP) is 2.41. The second-order valence-electron chi connectivity index (χ2n) is 9.00. The van der Waals surface area contributed by atoms with Crippen molar-refractivity contribution in [3.8, 4) is 0 Å². The molecule has 148 valence electrons. The SMILES string of the molecule is CC(C)(C)N1CCN(C(CC(C)(C)N2CCNCC2)C(F)(F)F)CC1. The predicted molar refractivity (Wildman–Crippen MR) is 95.9 cm³/mol. The summed E-state index contributed by atoms with van der Waals surface area (Å²) in [5.74, 6) is 0. The van der Waals surface area contributed by atoms with Crippen LogP contribution in [0, 0.1) is 0 Å². The van der Waals surface area contributed by atoms with Crippen LogP contribution in [0.4, 0.5) is 13.2 Å². The van der Waals surface area contributed by atoms with Crippen LogP contribution in [0.1, 0.15) is 41.0 Å². The molecule has 2 heterocycles. The molecule has 7 heteroatoms. The minimum atomic E-state index is -4.19. The maximum atomic E-state index is 13.8. The van der Waals surface area contributed by atoms with Crippen molar-refractivity contribution >= 4 is 0 Å². The second-order valence-corrected chi connectivity index (χ2v) is 9.00. The van der Waals surface area contributed by atoms with Gasteiger partial charge in [0.05, 0.1) is 0 Å². The van der Waals surface area contributed by atoms with E-state index in [1.165, 1.54) is 0 Å². The third-order valence-electron chi connectivity index (χ3n) is 5.75. The minimum Gasteiger partial charge on any atom is -0.314 e. The average molecular weight is 365 g/mol. The fourth-order valence-electron chi connectivity index (χ4n) is 4.03. The molecule has 25 heavy (non-hydrogen) atoms. The first-order chi connectivity index (χ1) is 11.4. The van der Waals surface area contributed by atoms with Gasteiger partial charge in [-0.25, -0.2) is 0 Å². The lowest BCUT2D eigenvalue weighted by Gasteiger charge is -2.48. The first kappa shape index (κ1) is 20.9. The van der Waals surface area contributed by atoms with Gasteiger partial charge in [0, 0.05) is 63.4 Å². The Hall–Kier alpha value is -0.370. The largest absolute Gasteiger partial charge is 0.404 e. The molecule has 2 aliphatic heterocycles. The van der Waals surface area contributed by atoms with Crippen LogP contribution in [-0.2, 0) is 0 Å². The fourth-order valence-corrected chi connectivity index (χ4v) is 4.03. The standard InChI is InChI=1S/C18H35F3N4/c1-16(2,3)24-12-10-23(11-13-24)15(18(19,20)21)14-17(4,5)25-8-6-22-7-9-25/h15,22H,6-14H2,1-5H3. The van der Waals surface area contributed by atoms with Gasteiger partial charge in [-0.1, -0.05) is 0 Å². The minimum absolute atomic E-state index is 0.0138. The molecular formula is C18H35F3N4. The van der Waals surface area contributed by atoms with E-state index in [0.717, 1.165) is 26.2 Å². The number of nitrogens with zero attached hydrogens (tertiary/aromatic N) is 3. The van der Waals surface area contributed by atoms with Crippen molar-refractivity contribution in [2.75, 3.05) is 52.4 Å². The monoisotopic (exact) mass is 364 g/mol. The zero-order valence-corrected chi connectivity index (χ0v) is 16.4. The third-order valence-corrected chi connectivity index (χ3v) is 5.75. The van der Waals surface area contributed by atoms with Gasteiger partial charge in [0.1, 0.15) is 6.04 Å². The first-order valence-electron chi connectivity index (χ1n) is 9.43. The van der Waals surface area contributed by atoms with E-state index >= 15 is 0 Å². The van der Waals surface area contributed by atoms with Crippen LogP contribution >= 0.6 is 0 Å². The van der Waals surface area contributed by atoms with E-state index in [4.69, 9.17) is 0 Å². The van der Waals surface area contributed by atoms with Crippen molar-refractivity contribution < 1.29 is 13.2 Å². The molecule has 1 N–H and O–H groups in total. The lowest BCUT2D eigenvalue weighted by Crippen LogP contribution is -2.61. The second kappa shape index (κ2) is 7.71. The Morgan fingerprint density at radius 2 is 1.32 bits per heavy atom. The fraction of sp³-hybridized carbons (Fsp3) is 1.00. The van der Waals surface area contributed by atoms with E-state index < -0.39 is 17.8 Å². The van der Waals surface area contributed by atoms with Gasteiger partial charge in [-0.2, -0.15) is 13.2 Å². The van der Waals surface area contributed by atoms with Crippen LogP contribution in [0.5, 0.6) is 0 Å². The van der Waals surface area contributed by atoms with Crippen molar-refractivity contribution in [1.29, 1.82) is 0 Å². The van der Waals surface area contributed by atoms with Crippen molar-refractivity contribution in [3.05, 3.63) is 0 Å². The number of hydrogen-bond donors (Lipinski definition) is 1. The molecule has 0 aromatic carbocycles. The van der Waals surface area contributed by atoms with Crippen LogP contribution in [0.2, 0.25) is 0 Å². The normalized spacial score (nSPS) is 24.5. The maximum Gasteiger partial charge on any atom is 0.404 e. The molecule has 0 aromatic rings. The van der Waals surface area contributed by atoms with Gasteiger partial charge >= 0.3 is 6.18 Å². The van der Waals surface area contributed by atoms with Crippen molar-refractivity contribution in [3.63, 3.8) is 0 Å². The van der Waals surface area contributed by atoms with Gasteiger partial charge in [-0.15, -0.1) is 0 Å². The summed E-state index contributed by atoms with van der Waals surface area (Å²) in [5.41, 5.74) is -0.441. The summed E-state index contributed by atoms with van der Waals surface area (Å²) in [5, 5.41) is 3.27. The molecule has 2 fully saturated rings. The van der Waals surface area contributed by atoms with Crippen molar-refractivity contribution in [2.45, 2.75) is 64.3 Å². The summed E-state index contributed by atoms with van der Waals surface area (Å²) < 4.78 is 41.5. The molecule has 2 rings (SSSR count). The van der Waals surface area contributed by atoms with Crippen LogP contribution in [0.25, 0.3) is 0 Å². The first-order valence-corrected chi connectivity index (χ1v) is 9.43. The number of nitrogens with one attached hydrogen (secondary N) is 1. The Labute approximate surface area is 150 Å². The molecule has 0 aromatic heterocycles. The number of piperazine rings is 2. The molecule has 0 bridgehead atoms. The van der Waals surface area contributed by atoms with Crippen LogP contribution in [0.15, 0.2) is 0 Å². The van der Waals surface area contributed by atoms with E-state index in [-0.39, 0.29) is 12.0 Å². The molecule has 0 radical (unpaired) electrons. The van der Waals surface area contributed by atoms with E-state index in [2.05, 4.69) is 35.9 Å². The summed E-state index contributed by atoms with van der Waals surface area (Å²) >= 11 is 0. The molecular weight excluding hydrogens is 329 g/mol. The molecule has 2 aliphatic rings. The molecule has 0 amide bonds. The van der Waals surface area contributed by atoms with Crippen molar-refractivity contribution in [1.82, 2.24) is 20.0 Å². The quantitative estimate of drug-likeness (QED) is 0.827. The summed E-state index contributed by atoms with van der Waals surface area (Å²) in [4.78, 5) is 6.14. The average Bonchev–Trinajstić information content (AvgIpc) is 2.52. The highest BCUT2D eigenvalue weighted by atomic mass is 19.4. The highest BCUT2D eigenvalue weighted by Gasteiger charge is 2.48. The smallest absolute Gasteiger partial charge is 0.314 e. The Morgan fingerprint density at radius 3 is 1.76 bits per heavy atom.